The number of ether oxygens (including phenoxy) is 4. The number of hydrogen-bond donors (Lipinski definition) is 2. The zero-order valence-electron chi connectivity index (χ0n) is 15.8. The average molecular weight is 362 g/mol. The van der Waals surface area contributed by atoms with E-state index in [9.17, 15) is 9.59 Å². The van der Waals surface area contributed by atoms with Crippen molar-refractivity contribution in [1.29, 1.82) is 0 Å². The lowest BCUT2D eigenvalue weighted by Crippen LogP contribution is -2.36. The number of nitrogens with one attached hydrogen (secondary N) is 2. The van der Waals surface area contributed by atoms with E-state index < -0.39 is 0 Å². The topological polar surface area (TPSA) is 95.1 Å². The lowest BCUT2D eigenvalue weighted by atomic mass is 10.1. The first-order valence-electron chi connectivity index (χ1n) is 8.85. The van der Waals surface area contributed by atoms with Crippen LogP contribution in [-0.2, 0) is 28.5 Å². The Morgan fingerprint density at radius 3 is 1.80 bits per heavy atom. The Morgan fingerprint density at radius 2 is 1.32 bits per heavy atom. The van der Waals surface area contributed by atoms with E-state index in [4.69, 9.17) is 18.9 Å². The highest BCUT2D eigenvalue weighted by Crippen LogP contribution is 1.99. The summed E-state index contributed by atoms with van der Waals surface area (Å²) in [6, 6.07) is 0.175. The summed E-state index contributed by atoms with van der Waals surface area (Å²) in [5.74, 6) is 0.436. The smallest absolute Gasteiger partial charge is 0.222 e. The van der Waals surface area contributed by atoms with Crippen LogP contribution in [0.3, 0.4) is 0 Å². The Kier molecular flexibility index (Phi) is 16.7. The van der Waals surface area contributed by atoms with Gasteiger partial charge in [0.2, 0.25) is 12.3 Å². The van der Waals surface area contributed by atoms with Gasteiger partial charge in [-0.2, -0.15) is 0 Å². The van der Waals surface area contributed by atoms with Gasteiger partial charge >= 0.3 is 0 Å². The molecule has 0 aromatic carbocycles. The largest absolute Gasteiger partial charge is 0.379 e. The van der Waals surface area contributed by atoms with E-state index in [2.05, 4.69) is 24.5 Å². The Morgan fingerprint density at radius 1 is 0.840 bits per heavy atom. The minimum atomic E-state index is 0.0136. The van der Waals surface area contributed by atoms with Crippen LogP contribution in [0.5, 0.6) is 0 Å². The molecule has 0 aromatic heterocycles. The molecule has 8 heteroatoms. The third kappa shape index (κ3) is 17.4. The van der Waals surface area contributed by atoms with E-state index >= 15 is 0 Å². The zero-order chi connectivity index (χ0) is 18.8. The number of amides is 2. The molecule has 0 rings (SSSR count). The predicted molar refractivity (Wildman–Crippen MR) is 94.4 cm³/mol. The van der Waals surface area contributed by atoms with E-state index in [1.165, 1.54) is 0 Å². The van der Waals surface area contributed by atoms with Gasteiger partial charge in [-0.3, -0.25) is 9.59 Å². The summed E-state index contributed by atoms with van der Waals surface area (Å²) in [6.07, 6.45) is 1.01. The molecular formula is C17H34N2O6. The van der Waals surface area contributed by atoms with Crippen LogP contribution in [0, 0.1) is 5.92 Å². The van der Waals surface area contributed by atoms with E-state index in [0.717, 1.165) is 0 Å². The first-order valence-corrected chi connectivity index (χ1v) is 8.85. The second-order valence-corrected chi connectivity index (χ2v) is 5.87. The third-order valence-electron chi connectivity index (χ3n) is 3.45. The fourth-order valence-corrected chi connectivity index (χ4v) is 1.61. The molecule has 8 nitrogen and oxygen atoms in total. The normalized spacial score (nSPS) is 12.2. The summed E-state index contributed by atoms with van der Waals surface area (Å²) in [4.78, 5) is 21.6. The van der Waals surface area contributed by atoms with Crippen LogP contribution >= 0.6 is 0 Å². The molecule has 2 amide bonds. The van der Waals surface area contributed by atoms with Gasteiger partial charge in [-0.05, 0) is 12.8 Å². The predicted octanol–water partition coefficient (Wildman–Crippen LogP) is 0.350. The van der Waals surface area contributed by atoms with Gasteiger partial charge in [0.25, 0.3) is 0 Å². The maximum Gasteiger partial charge on any atom is 0.222 e. The van der Waals surface area contributed by atoms with Gasteiger partial charge < -0.3 is 29.6 Å². The number of carbonyl (C=O) groups excluding carboxylic acids is 2. The van der Waals surface area contributed by atoms with Gasteiger partial charge in [0.1, 0.15) is 0 Å². The lowest BCUT2D eigenvalue weighted by molar-refractivity contribution is -0.123. The first kappa shape index (κ1) is 23.8. The molecule has 2 N–H and O–H groups in total. The van der Waals surface area contributed by atoms with Crippen LogP contribution in [0.25, 0.3) is 0 Å². The SMILES string of the molecule is CC(C)C(C)NC(=O)CCOCCOCCOCCOCCNC=O. The Balaban J connectivity index is 3.19. The van der Waals surface area contributed by atoms with Gasteiger partial charge in [-0.25, -0.2) is 0 Å². The Labute approximate surface area is 150 Å². The average Bonchev–Trinajstić information content (AvgIpc) is 2.58. The van der Waals surface area contributed by atoms with Crippen LogP contribution in [0.2, 0.25) is 0 Å². The van der Waals surface area contributed by atoms with Crippen molar-refractivity contribution < 1.29 is 28.5 Å². The van der Waals surface area contributed by atoms with Gasteiger partial charge in [-0.15, -0.1) is 0 Å². The van der Waals surface area contributed by atoms with E-state index in [0.29, 0.717) is 78.1 Å². The van der Waals surface area contributed by atoms with Crippen molar-refractivity contribution in [3.05, 3.63) is 0 Å². The molecule has 148 valence electrons. The van der Waals surface area contributed by atoms with Crippen LogP contribution in [0.4, 0.5) is 0 Å². The zero-order valence-corrected chi connectivity index (χ0v) is 15.8. The second-order valence-electron chi connectivity index (χ2n) is 5.87. The summed E-state index contributed by atoms with van der Waals surface area (Å²) < 4.78 is 21.3. The Bertz CT molecular complexity index is 328. The van der Waals surface area contributed by atoms with Crippen molar-refractivity contribution >= 4 is 12.3 Å². The maximum absolute atomic E-state index is 11.6. The number of rotatable bonds is 18. The number of hydrogen-bond acceptors (Lipinski definition) is 6. The highest BCUT2D eigenvalue weighted by Gasteiger charge is 2.10. The van der Waals surface area contributed by atoms with E-state index in [1.54, 1.807) is 0 Å². The molecule has 0 saturated heterocycles. The van der Waals surface area contributed by atoms with Crippen molar-refractivity contribution in [2.75, 3.05) is 59.4 Å². The molecule has 0 aliphatic rings. The van der Waals surface area contributed by atoms with Crippen LogP contribution in [-0.4, -0.2) is 77.8 Å². The first-order chi connectivity index (χ1) is 12.1. The molecular weight excluding hydrogens is 328 g/mol. The molecule has 0 aliphatic heterocycles. The van der Waals surface area contributed by atoms with E-state index in [-0.39, 0.29) is 11.9 Å². The van der Waals surface area contributed by atoms with Gasteiger partial charge in [0.15, 0.2) is 0 Å². The van der Waals surface area contributed by atoms with Crippen molar-refractivity contribution in [2.45, 2.75) is 33.2 Å². The maximum atomic E-state index is 11.6. The van der Waals surface area contributed by atoms with Crippen molar-refractivity contribution in [2.24, 2.45) is 5.92 Å². The fourth-order valence-electron chi connectivity index (χ4n) is 1.61. The highest BCUT2D eigenvalue weighted by atomic mass is 16.6. The molecule has 0 radical (unpaired) electrons. The Hall–Kier alpha value is -1.22. The molecule has 0 bridgehead atoms. The summed E-state index contributed by atoms with van der Waals surface area (Å²) in [5, 5.41) is 5.44. The molecule has 0 aliphatic carbocycles. The molecule has 1 atom stereocenters. The molecule has 0 spiro atoms. The van der Waals surface area contributed by atoms with Crippen molar-refractivity contribution in [3.63, 3.8) is 0 Å². The number of carbonyl (C=O) groups is 2. The van der Waals surface area contributed by atoms with Gasteiger partial charge in [0, 0.05) is 19.0 Å². The summed E-state index contributed by atoms with van der Waals surface area (Å²) in [6.45, 7) is 10.4. The molecule has 0 heterocycles. The van der Waals surface area contributed by atoms with Crippen molar-refractivity contribution in [3.8, 4) is 0 Å². The molecule has 0 aromatic rings. The summed E-state index contributed by atoms with van der Waals surface area (Å²) in [5.41, 5.74) is 0. The van der Waals surface area contributed by atoms with E-state index in [1.807, 2.05) is 6.92 Å². The quantitative estimate of drug-likeness (QED) is 0.270. The summed E-state index contributed by atoms with van der Waals surface area (Å²) in [7, 11) is 0. The molecule has 0 fully saturated rings. The monoisotopic (exact) mass is 362 g/mol. The third-order valence-corrected chi connectivity index (χ3v) is 3.45. The lowest BCUT2D eigenvalue weighted by Gasteiger charge is -2.17. The van der Waals surface area contributed by atoms with Crippen LogP contribution < -0.4 is 10.6 Å². The standard InChI is InChI=1S/C17H34N2O6/c1-15(2)16(3)19-17(21)4-6-22-8-10-24-12-13-25-11-9-23-7-5-18-14-20/h14-16H,4-13H2,1-3H3,(H,18,20)(H,19,21). The molecule has 0 saturated carbocycles. The minimum absolute atomic E-state index is 0.0136. The van der Waals surface area contributed by atoms with Gasteiger partial charge in [0.05, 0.1) is 52.9 Å². The van der Waals surface area contributed by atoms with Crippen LogP contribution in [0.1, 0.15) is 27.2 Å². The molecule has 1 unspecified atom stereocenters. The van der Waals surface area contributed by atoms with Gasteiger partial charge in [-0.1, -0.05) is 13.8 Å². The fraction of sp³-hybridized carbons (Fsp3) is 0.882. The molecule has 25 heavy (non-hydrogen) atoms. The highest BCUT2D eigenvalue weighted by molar-refractivity contribution is 5.76. The van der Waals surface area contributed by atoms with Crippen molar-refractivity contribution in [1.82, 2.24) is 10.6 Å². The minimum Gasteiger partial charge on any atom is -0.379 e. The second kappa shape index (κ2) is 17.6. The summed E-state index contributed by atoms with van der Waals surface area (Å²) >= 11 is 0. The van der Waals surface area contributed by atoms with Crippen LogP contribution in [0.15, 0.2) is 0 Å².